The molecule has 0 spiro atoms. The highest BCUT2D eigenvalue weighted by Crippen LogP contribution is 2.35. The lowest BCUT2D eigenvalue weighted by molar-refractivity contribution is -0.129. The summed E-state index contributed by atoms with van der Waals surface area (Å²) in [7, 11) is -3.64. The molecule has 2 heterocycles. The quantitative estimate of drug-likeness (QED) is 0.432. The minimum atomic E-state index is -3.64. The topological polar surface area (TPSA) is 108 Å². The number of hydrogen-bond donors (Lipinski definition) is 1. The average Bonchev–Trinajstić information content (AvgIpc) is 3.23. The Bertz CT molecular complexity index is 1340. The number of amidine groups is 1. The molecule has 2 aliphatic rings. The van der Waals surface area contributed by atoms with Gasteiger partial charge in [-0.15, -0.1) is 0 Å². The molecule has 2 aliphatic heterocycles. The molecule has 0 radical (unpaired) electrons. The highest BCUT2D eigenvalue weighted by atomic mass is 32.2. The molecule has 0 aromatic heterocycles. The van der Waals surface area contributed by atoms with E-state index in [1.165, 1.54) is 46.4 Å². The first kappa shape index (κ1) is 30.2. The zero-order valence-corrected chi connectivity index (χ0v) is 24.5. The molecule has 0 saturated carbocycles. The van der Waals surface area contributed by atoms with Crippen molar-refractivity contribution in [1.82, 2.24) is 9.21 Å². The van der Waals surface area contributed by atoms with E-state index in [0.717, 1.165) is 12.8 Å². The maximum atomic E-state index is 14.0. The van der Waals surface area contributed by atoms with Crippen molar-refractivity contribution in [2.24, 2.45) is 10.9 Å². The number of aliphatic imine (C=N–C) groups is 1. The van der Waals surface area contributed by atoms with Crippen molar-refractivity contribution < 1.29 is 27.1 Å². The van der Waals surface area contributed by atoms with Crippen molar-refractivity contribution in [3.05, 3.63) is 54.3 Å². The van der Waals surface area contributed by atoms with E-state index in [0.29, 0.717) is 43.1 Å². The van der Waals surface area contributed by atoms with Gasteiger partial charge in [0.15, 0.2) is 5.17 Å². The number of morpholine rings is 1. The van der Waals surface area contributed by atoms with E-state index in [1.54, 1.807) is 23.1 Å². The minimum absolute atomic E-state index is 0.0612. The lowest BCUT2D eigenvalue weighted by atomic mass is 10.0. The molecule has 2 saturated heterocycles. The second-order valence-corrected chi connectivity index (χ2v) is 13.4. The van der Waals surface area contributed by atoms with Crippen LogP contribution in [0.5, 0.6) is 0 Å². The summed E-state index contributed by atoms with van der Waals surface area (Å²) in [6.45, 7) is 7.52. The van der Waals surface area contributed by atoms with Gasteiger partial charge in [0.1, 0.15) is 11.1 Å². The van der Waals surface area contributed by atoms with E-state index >= 15 is 0 Å². The van der Waals surface area contributed by atoms with Crippen molar-refractivity contribution in [2.75, 3.05) is 31.6 Å². The van der Waals surface area contributed by atoms with Gasteiger partial charge in [-0.1, -0.05) is 37.7 Å². The van der Waals surface area contributed by atoms with Crippen LogP contribution in [0.15, 0.2) is 58.4 Å². The molecule has 2 fully saturated rings. The Morgan fingerprint density at radius 1 is 1.10 bits per heavy atom. The van der Waals surface area contributed by atoms with Crippen LogP contribution in [0.25, 0.3) is 0 Å². The predicted molar refractivity (Wildman–Crippen MR) is 155 cm³/mol. The summed E-state index contributed by atoms with van der Waals surface area (Å²) >= 11 is 1.19. The number of halogens is 1. The second kappa shape index (κ2) is 13.2. The summed E-state index contributed by atoms with van der Waals surface area (Å²) < 4.78 is 46.6. The minimum Gasteiger partial charge on any atom is -0.379 e. The first-order valence-corrected chi connectivity index (χ1v) is 15.7. The van der Waals surface area contributed by atoms with Crippen molar-refractivity contribution >= 4 is 50.1 Å². The number of hydrogen-bond acceptors (Lipinski definition) is 7. The number of thioether (sulfide) groups is 1. The number of anilines is 1. The molecule has 9 nitrogen and oxygen atoms in total. The molecule has 40 heavy (non-hydrogen) atoms. The van der Waals surface area contributed by atoms with E-state index in [4.69, 9.17) is 9.73 Å². The van der Waals surface area contributed by atoms with Crippen molar-refractivity contribution in [3.8, 4) is 0 Å². The van der Waals surface area contributed by atoms with Crippen molar-refractivity contribution in [2.45, 2.75) is 56.2 Å². The lowest BCUT2D eigenvalue weighted by Gasteiger charge is -2.26. The third kappa shape index (κ3) is 7.28. The number of carbonyl (C=O) groups is 2. The molecule has 2 atom stereocenters. The Morgan fingerprint density at radius 3 is 2.42 bits per heavy atom. The molecule has 0 bridgehead atoms. The largest absolute Gasteiger partial charge is 0.379 e. The Balaban J connectivity index is 1.53. The number of para-hydroxylation sites is 1. The summed E-state index contributed by atoms with van der Waals surface area (Å²) in [5.41, 5.74) is 0.555. The first-order chi connectivity index (χ1) is 19.1. The zero-order valence-electron chi connectivity index (χ0n) is 22.9. The number of carbonyl (C=O) groups excluding carboxylic acids is 2. The number of nitrogens with one attached hydrogen (secondary N) is 1. The molecule has 2 amide bonds. The zero-order chi connectivity index (χ0) is 28.9. The van der Waals surface area contributed by atoms with Gasteiger partial charge in [-0.2, -0.15) is 4.31 Å². The molecular formula is C28H35FN4O5S2. The van der Waals surface area contributed by atoms with Crippen LogP contribution in [0.4, 0.5) is 15.8 Å². The van der Waals surface area contributed by atoms with Crippen LogP contribution in [-0.2, 0) is 24.3 Å². The molecule has 0 unspecified atom stereocenters. The smallest absolute Gasteiger partial charge is 0.243 e. The maximum Gasteiger partial charge on any atom is 0.243 e. The Labute approximate surface area is 239 Å². The SMILES string of the molecule is CC(C)CC[C@@H](C)N1C(=O)[C@@H](CC(=O)Nc2ccccc2F)SC1=Nc1ccc(S(=O)(=O)N2CCOCC2)cc1. The molecular weight excluding hydrogens is 555 g/mol. The number of ether oxygens (including phenoxy) is 1. The molecule has 1 N–H and O–H groups in total. The summed E-state index contributed by atoms with van der Waals surface area (Å²) in [6, 6.07) is 12.0. The fourth-order valence-corrected chi connectivity index (χ4v) is 7.13. The highest BCUT2D eigenvalue weighted by molar-refractivity contribution is 8.15. The molecule has 12 heteroatoms. The van der Waals surface area contributed by atoms with Gasteiger partial charge in [-0.05, 0) is 62.1 Å². The third-order valence-corrected chi connectivity index (χ3v) is 9.82. The van der Waals surface area contributed by atoms with Gasteiger partial charge >= 0.3 is 0 Å². The summed E-state index contributed by atoms with van der Waals surface area (Å²) in [5, 5.41) is 2.28. The highest BCUT2D eigenvalue weighted by Gasteiger charge is 2.41. The van der Waals surface area contributed by atoms with Gasteiger partial charge in [-0.3, -0.25) is 14.5 Å². The van der Waals surface area contributed by atoms with Crippen LogP contribution >= 0.6 is 11.8 Å². The molecule has 216 valence electrons. The number of sulfonamides is 1. The third-order valence-electron chi connectivity index (χ3n) is 6.76. The Morgan fingerprint density at radius 2 is 1.77 bits per heavy atom. The van der Waals surface area contributed by atoms with Gasteiger partial charge in [0.2, 0.25) is 21.8 Å². The van der Waals surface area contributed by atoms with Crippen LogP contribution in [0, 0.1) is 11.7 Å². The summed E-state index contributed by atoms with van der Waals surface area (Å²) in [5.74, 6) is -0.789. The van der Waals surface area contributed by atoms with E-state index in [-0.39, 0.29) is 29.0 Å². The van der Waals surface area contributed by atoms with Gasteiger partial charge < -0.3 is 10.1 Å². The van der Waals surface area contributed by atoms with Crippen LogP contribution < -0.4 is 5.32 Å². The predicted octanol–water partition coefficient (Wildman–Crippen LogP) is 4.63. The summed E-state index contributed by atoms with van der Waals surface area (Å²) in [6.07, 6.45) is 1.53. The van der Waals surface area contributed by atoms with Crippen LogP contribution in [0.3, 0.4) is 0 Å². The standard InChI is InChI=1S/C28H35FN4O5S2/c1-19(2)8-9-20(3)33-27(35)25(18-26(34)31-24-7-5-4-6-23(24)29)39-28(33)30-21-10-12-22(13-11-21)40(36,37)32-14-16-38-17-15-32/h4-7,10-13,19-20,25H,8-9,14-18H2,1-3H3,(H,31,34)/t20-,25-/m1/s1. The van der Waals surface area contributed by atoms with E-state index in [2.05, 4.69) is 19.2 Å². The lowest BCUT2D eigenvalue weighted by Crippen LogP contribution is -2.40. The normalized spacial score (nSPS) is 20.3. The first-order valence-electron chi connectivity index (χ1n) is 13.4. The summed E-state index contributed by atoms with van der Waals surface area (Å²) in [4.78, 5) is 32.7. The van der Waals surface area contributed by atoms with E-state index < -0.39 is 27.0 Å². The van der Waals surface area contributed by atoms with Gasteiger partial charge in [0, 0.05) is 25.6 Å². The average molecular weight is 591 g/mol. The fourth-order valence-electron chi connectivity index (χ4n) is 4.47. The van der Waals surface area contributed by atoms with Gasteiger partial charge in [0.05, 0.1) is 29.5 Å². The molecule has 4 rings (SSSR count). The van der Waals surface area contributed by atoms with Crippen LogP contribution in [0.2, 0.25) is 0 Å². The number of amides is 2. The van der Waals surface area contributed by atoms with E-state index in [9.17, 15) is 22.4 Å². The van der Waals surface area contributed by atoms with Crippen LogP contribution in [0.1, 0.15) is 40.0 Å². The molecule has 2 aromatic carbocycles. The second-order valence-electron chi connectivity index (χ2n) is 10.3. The Hall–Kier alpha value is -2.80. The monoisotopic (exact) mass is 590 g/mol. The van der Waals surface area contributed by atoms with Crippen molar-refractivity contribution in [1.29, 1.82) is 0 Å². The van der Waals surface area contributed by atoms with Crippen LogP contribution in [-0.4, -0.2) is 72.2 Å². The number of benzene rings is 2. The molecule has 0 aliphatic carbocycles. The number of rotatable bonds is 10. The van der Waals surface area contributed by atoms with Gasteiger partial charge in [-0.25, -0.2) is 17.8 Å². The maximum absolute atomic E-state index is 14.0. The van der Waals surface area contributed by atoms with Gasteiger partial charge in [0.25, 0.3) is 0 Å². The fraction of sp³-hybridized carbons (Fsp3) is 0.464. The van der Waals surface area contributed by atoms with E-state index in [1.807, 2.05) is 6.92 Å². The van der Waals surface area contributed by atoms with Crippen molar-refractivity contribution in [3.63, 3.8) is 0 Å². The molecule has 2 aromatic rings. The Kier molecular flexibility index (Phi) is 9.99. The number of nitrogens with zero attached hydrogens (tertiary/aromatic N) is 3.